The van der Waals surface area contributed by atoms with Gasteiger partial charge in [-0.05, 0) is 48.7 Å². The molecule has 0 bridgehead atoms. The van der Waals surface area contributed by atoms with Crippen molar-refractivity contribution < 1.29 is 23.8 Å². The Labute approximate surface area is 192 Å². The maximum Gasteiger partial charge on any atom is 0.267 e. The van der Waals surface area contributed by atoms with Crippen molar-refractivity contribution in [2.75, 3.05) is 53.6 Å². The van der Waals surface area contributed by atoms with Crippen LogP contribution < -0.4 is 20.1 Å². The van der Waals surface area contributed by atoms with E-state index in [1.54, 1.807) is 24.3 Å². The number of morpholine rings is 1. The zero-order valence-corrected chi connectivity index (χ0v) is 19.2. The van der Waals surface area contributed by atoms with Gasteiger partial charge in [-0.15, -0.1) is 11.3 Å². The fraction of sp³-hybridized carbons (Fsp3) is 0.391. The van der Waals surface area contributed by atoms with E-state index < -0.39 is 5.91 Å². The van der Waals surface area contributed by atoms with E-state index in [2.05, 4.69) is 15.5 Å². The maximum absolute atomic E-state index is 12.8. The molecule has 2 heterocycles. The number of hydrogen-bond acceptors (Lipinski definition) is 7. The van der Waals surface area contributed by atoms with Crippen LogP contribution in [0.1, 0.15) is 21.7 Å². The molecule has 0 radical (unpaired) electrons. The minimum Gasteiger partial charge on any atom is -0.493 e. The van der Waals surface area contributed by atoms with Gasteiger partial charge in [0.2, 0.25) is 0 Å². The van der Waals surface area contributed by atoms with Crippen LogP contribution >= 0.6 is 11.3 Å². The molecule has 1 aliphatic rings. The first-order chi connectivity index (χ1) is 15.6. The molecule has 2 amide bonds. The van der Waals surface area contributed by atoms with E-state index in [0.29, 0.717) is 23.6 Å². The van der Waals surface area contributed by atoms with E-state index in [0.717, 1.165) is 44.1 Å². The predicted molar refractivity (Wildman–Crippen MR) is 124 cm³/mol. The van der Waals surface area contributed by atoms with Gasteiger partial charge in [0, 0.05) is 30.1 Å². The molecule has 0 unspecified atom stereocenters. The lowest BCUT2D eigenvalue weighted by atomic mass is 10.1. The van der Waals surface area contributed by atoms with Crippen LogP contribution in [0.5, 0.6) is 11.5 Å². The highest BCUT2D eigenvalue weighted by molar-refractivity contribution is 7.10. The Morgan fingerprint density at radius 3 is 2.62 bits per heavy atom. The number of nitrogens with zero attached hydrogens (tertiary/aromatic N) is 1. The molecule has 172 valence electrons. The molecule has 9 heteroatoms. The van der Waals surface area contributed by atoms with E-state index in [1.807, 2.05) is 17.5 Å². The molecule has 1 aromatic heterocycles. The molecule has 1 saturated heterocycles. The lowest BCUT2D eigenvalue weighted by Gasteiger charge is -2.26. The summed E-state index contributed by atoms with van der Waals surface area (Å²) in [6.45, 7) is 4.75. The van der Waals surface area contributed by atoms with Crippen LogP contribution in [0.3, 0.4) is 0 Å². The summed E-state index contributed by atoms with van der Waals surface area (Å²) in [5, 5.41) is 7.57. The minimum atomic E-state index is -0.405. The third-order valence-corrected chi connectivity index (χ3v) is 5.83. The van der Waals surface area contributed by atoms with Crippen LogP contribution in [0.2, 0.25) is 0 Å². The highest BCUT2D eigenvalue weighted by Crippen LogP contribution is 2.27. The molecule has 2 aromatic rings. The molecular weight excluding hydrogens is 430 g/mol. The second-order valence-corrected chi connectivity index (χ2v) is 8.14. The number of amides is 2. The van der Waals surface area contributed by atoms with Crippen molar-refractivity contribution >= 4 is 29.2 Å². The van der Waals surface area contributed by atoms with Crippen molar-refractivity contribution in [2.24, 2.45) is 0 Å². The predicted octanol–water partition coefficient (Wildman–Crippen LogP) is 2.37. The normalized spacial score (nSPS) is 14.6. The highest BCUT2D eigenvalue weighted by Gasteiger charge is 2.17. The van der Waals surface area contributed by atoms with Crippen LogP contribution in [0.25, 0.3) is 6.08 Å². The molecular formula is C23H29N3O5S. The second kappa shape index (κ2) is 12.2. The Morgan fingerprint density at radius 1 is 1.16 bits per heavy atom. The van der Waals surface area contributed by atoms with Crippen LogP contribution in [0.15, 0.2) is 41.4 Å². The summed E-state index contributed by atoms with van der Waals surface area (Å²) in [4.78, 5) is 28.9. The smallest absolute Gasteiger partial charge is 0.267 e. The number of methoxy groups -OCH3 is 2. The van der Waals surface area contributed by atoms with Gasteiger partial charge in [0.25, 0.3) is 11.8 Å². The lowest BCUT2D eigenvalue weighted by molar-refractivity contribution is -0.117. The van der Waals surface area contributed by atoms with Gasteiger partial charge in [-0.3, -0.25) is 14.5 Å². The van der Waals surface area contributed by atoms with Gasteiger partial charge < -0.3 is 24.8 Å². The molecule has 0 atom stereocenters. The zero-order valence-electron chi connectivity index (χ0n) is 18.4. The average molecular weight is 460 g/mol. The van der Waals surface area contributed by atoms with Crippen molar-refractivity contribution in [3.63, 3.8) is 0 Å². The van der Waals surface area contributed by atoms with Gasteiger partial charge in [-0.25, -0.2) is 0 Å². The third kappa shape index (κ3) is 6.81. The van der Waals surface area contributed by atoms with Gasteiger partial charge in [0.05, 0.1) is 27.4 Å². The number of benzene rings is 1. The Bertz CT molecular complexity index is 924. The van der Waals surface area contributed by atoms with Crippen LogP contribution in [0, 0.1) is 0 Å². The molecule has 0 saturated carbocycles. The quantitative estimate of drug-likeness (QED) is 0.419. The summed E-state index contributed by atoms with van der Waals surface area (Å²) < 4.78 is 15.8. The number of carbonyl (C=O) groups excluding carboxylic acids is 2. The number of nitrogens with one attached hydrogen (secondary N) is 2. The lowest BCUT2D eigenvalue weighted by Crippen LogP contribution is -2.39. The molecule has 1 aromatic carbocycles. The fourth-order valence-electron chi connectivity index (χ4n) is 3.27. The molecule has 2 N–H and O–H groups in total. The van der Waals surface area contributed by atoms with E-state index in [4.69, 9.17) is 14.2 Å². The largest absolute Gasteiger partial charge is 0.493 e. The van der Waals surface area contributed by atoms with Gasteiger partial charge in [-0.1, -0.05) is 6.07 Å². The van der Waals surface area contributed by atoms with Crippen LogP contribution in [0.4, 0.5) is 0 Å². The van der Waals surface area contributed by atoms with Gasteiger partial charge in [-0.2, -0.15) is 0 Å². The summed E-state index contributed by atoms with van der Waals surface area (Å²) in [6.07, 6.45) is 2.50. The summed E-state index contributed by atoms with van der Waals surface area (Å²) >= 11 is 1.49. The first-order valence-corrected chi connectivity index (χ1v) is 11.4. The van der Waals surface area contributed by atoms with E-state index in [9.17, 15) is 9.59 Å². The third-order valence-electron chi connectivity index (χ3n) is 5.01. The van der Waals surface area contributed by atoms with E-state index in [-0.39, 0.29) is 11.6 Å². The van der Waals surface area contributed by atoms with Crippen molar-refractivity contribution in [3.8, 4) is 11.5 Å². The van der Waals surface area contributed by atoms with E-state index in [1.165, 1.54) is 25.6 Å². The zero-order chi connectivity index (χ0) is 22.8. The SMILES string of the molecule is COc1ccc(C(=O)N/C(=C\c2cccs2)C(=O)NCCCN2CCOCC2)cc1OC. The number of hydrogen-bond donors (Lipinski definition) is 2. The molecule has 0 spiro atoms. The summed E-state index contributed by atoms with van der Waals surface area (Å²) in [5.74, 6) is 0.236. The Balaban J connectivity index is 1.63. The van der Waals surface area contributed by atoms with Gasteiger partial charge in [0.15, 0.2) is 11.5 Å². The minimum absolute atomic E-state index is 0.193. The second-order valence-electron chi connectivity index (χ2n) is 7.16. The van der Waals surface area contributed by atoms with Gasteiger partial charge in [0.1, 0.15) is 5.70 Å². The first-order valence-electron chi connectivity index (χ1n) is 10.5. The average Bonchev–Trinajstić information content (AvgIpc) is 3.34. The Kier molecular flexibility index (Phi) is 9.09. The Hall–Kier alpha value is -2.88. The van der Waals surface area contributed by atoms with Crippen LogP contribution in [-0.2, 0) is 9.53 Å². The van der Waals surface area contributed by atoms with Gasteiger partial charge >= 0.3 is 0 Å². The number of rotatable bonds is 10. The van der Waals surface area contributed by atoms with Crippen molar-refractivity contribution in [1.29, 1.82) is 0 Å². The monoisotopic (exact) mass is 459 g/mol. The van der Waals surface area contributed by atoms with Crippen molar-refractivity contribution in [1.82, 2.24) is 15.5 Å². The van der Waals surface area contributed by atoms with E-state index >= 15 is 0 Å². The molecule has 32 heavy (non-hydrogen) atoms. The summed E-state index contributed by atoms with van der Waals surface area (Å²) in [7, 11) is 3.04. The van der Waals surface area contributed by atoms with Crippen molar-refractivity contribution in [3.05, 3.63) is 51.8 Å². The standard InChI is InChI=1S/C23H29N3O5S/c1-29-20-7-6-17(15-21(20)30-2)22(27)25-19(16-18-5-3-14-32-18)23(28)24-8-4-9-26-10-12-31-13-11-26/h3,5-7,14-16H,4,8-13H2,1-2H3,(H,24,28)(H,25,27)/b19-16-. The molecule has 8 nitrogen and oxygen atoms in total. The summed E-state index contributed by atoms with van der Waals surface area (Å²) in [6, 6.07) is 8.64. The Morgan fingerprint density at radius 2 is 1.94 bits per heavy atom. The molecule has 1 fully saturated rings. The molecule has 1 aliphatic heterocycles. The van der Waals surface area contributed by atoms with Crippen molar-refractivity contribution in [2.45, 2.75) is 6.42 Å². The number of thiophene rings is 1. The van der Waals surface area contributed by atoms with Crippen LogP contribution in [-0.4, -0.2) is 70.3 Å². The number of ether oxygens (including phenoxy) is 3. The topological polar surface area (TPSA) is 89.1 Å². The highest BCUT2D eigenvalue weighted by atomic mass is 32.1. The molecule has 0 aliphatic carbocycles. The molecule has 3 rings (SSSR count). The fourth-order valence-corrected chi connectivity index (χ4v) is 3.93. The number of carbonyl (C=O) groups is 2. The first kappa shape index (κ1) is 23.8. The maximum atomic E-state index is 12.8. The summed E-state index contributed by atoms with van der Waals surface area (Å²) in [5.41, 5.74) is 0.554.